The Balaban J connectivity index is 1.62. The molecule has 1 aromatic heterocycles. The first kappa shape index (κ1) is 17.3. The van der Waals surface area contributed by atoms with Crippen LogP contribution < -0.4 is 4.74 Å². The Hall–Kier alpha value is -1.54. The number of nitrogens with zero attached hydrogens (tertiary/aromatic N) is 3. The van der Waals surface area contributed by atoms with Gasteiger partial charge in [0.25, 0.3) is 0 Å². The van der Waals surface area contributed by atoms with Crippen LogP contribution in [0.4, 0.5) is 0 Å². The van der Waals surface area contributed by atoms with Gasteiger partial charge in [0.1, 0.15) is 11.6 Å². The number of hydrogen-bond donors (Lipinski definition) is 0. The third-order valence-corrected chi connectivity index (χ3v) is 7.15. The minimum Gasteiger partial charge on any atom is -0.497 e. The highest BCUT2D eigenvalue weighted by molar-refractivity contribution is 7.98. The second kappa shape index (κ2) is 7.14. The van der Waals surface area contributed by atoms with Crippen LogP contribution in [0.25, 0.3) is 0 Å². The Labute approximate surface area is 146 Å². The number of rotatable bonds is 6. The summed E-state index contributed by atoms with van der Waals surface area (Å²) in [5.41, 5.74) is 1.16. The van der Waals surface area contributed by atoms with Gasteiger partial charge in [-0.15, -0.1) is 10.2 Å². The highest BCUT2D eigenvalue weighted by atomic mass is 32.2. The minimum absolute atomic E-state index is 0.161. The minimum atomic E-state index is -2.85. The largest absolute Gasteiger partial charge is 0.497 e. The molecule has 130 valence electrons. The molecule has 1 aliphatic heterocycles. The maximum absolute atomic E-state index is 11.6. The second-order valence-corrected chi connectivity index (χ2v) is 9.24. The van der Waals surface area contributed by atoms with Crippen molar-refractivity contribution in [3.05, 3.63) is 35.7 Å². The number of thioether (sulfide) groups is 1. The summed E-state index contributed by atoms with van der Waals surface area (Å²) < 4.78 is 30.4. The van der Waals surface area contributed by atoms with Crippen molar-refractivity contribution in [3.63, 3.8) is 0 Å². The van der Waals surface area contributed by atoms with E-state index < -0.39 is 9.84 Å². The SMILES string of the molecule is COc1cccc(CSc2nnc(CC3CCS(=O)(=O)C3)n2C)c1. The maximum atomic E-state index is 11.6. The lowest BCUT2D eigenvalue weighted by Gasteiger charge is -2.08. The van der Waals surface area contributed by atoms with Crippen LogP contribution in [0.2, 0.25) is 0 Å². The third kappa shape index (κ3) is 4.10. The van der Waals surface area contributed by atoms with Crippen molar-refractivity contribution < 1.29 is 13.2 Å². The average molecular weight is 367 g/mol. The summed E-state index contributed by atoms with van der Waals surface area (Å²) in [5, 5.41) is 9.33. The zero-order chi connectivity index (χ0) is 17.2. The van der Waals surface area contributed by atoms with Crippen LogP contribution in [0, 0.1) is 5.92 Å². The Kier molecular flexibility index (Phi) is 5.15. The van der Waals surface area contributed by atoms with E-state index in [1.54, 1.807) is 18.9 Å². The number of aromatic nitrogens is 3. The number of methoxy groups -OCH3 is 1. The summed E-state index contributed by atoms with van der Waals surface area (Å²) in [7, 11) is 0.745. The molecule has 0 spiro atoms. The van der Waals surface area contributed by atoms with Crippen LogP contribution >= 0.6 is 11.8 Å². The first-order valence-electron chi connectivity index (χ1n) is 7.81. The zero-order valence-corrected chi connectivity index (χ0v) is 15.4. The normalized spacial score (nSPS) is 19.5. The van der Waals surface area contributed by atoms with E-state index in [0.717, 1.165) is 34.5 Å². The van der Waals surface area contributed by atoms with Crippen molar-refractivity contribution >= 4 is 21.6 Å². The highest BCUT2D eigenvalue weighted by Gasteiger charge is 2.29. The molecule has 2 aromatic rings. The molecule has 2 heterocycles. The van der Waals surface area contributed by atoms with Gasteiger partial charge in [0, 0.05) is 19.2 Å². The molecular formula is C16H21N3O3S2. The van der Waals surface area contributed by atoms with Crippen molar-refractivity contribution in [1.29, 1.82) is 0 Å². The fraction of sp³-hybridized carbons (Fsp3) is 0.500. The average Bonchev–Trinajstić information content (AvgIpc) is 3.09. The number of benzene rings is 1. The first-order valence-corrected chi connectivity index (χ1v) is 10.6. The van der Waals surface area contributed by atoms with E-state index >= 15 is 0 Å². The fourth-order valence-corrected chi connectivity index (χ4v) is 5.58. The Morgan fingerprint density at radius 3 is 2.92 bits per heavy atom. The second-order valence-electron chi connectivity index (χ2n) is 6.07. The van der Waals surface area contributed by atoms with E-state index in [4.69, 9.17) is 4.74 Å². The van der Waals surface area contributed by atoms with Gasteiger partial charge in [-0.2, -0.15) is 0 Å². The fourth-order valence-electron chi connectivity index (χ4n) is 2.85. The van der Waals surface area contributed by atoms with Crippen LogP contribution in [0.3, 0.4) is 0 Å². The molecule has 0 aliphatic carbocycles. The van der Waals surface area contributed by atoms with E-state index in [2.05, 4.69) is 16.3 Å². The summed E-state index contributed by atoms with van der Waals surface area (Å²) in [4.78, 5) is 0. The van der Waals surface area contributed by atoms with E-state index in [1.165, 1.54) is 0 Å². The molecule has 1 atom stereocenters. The Morgan fingerprint density at radius 1 is 1.38 bits per heavy atom. The monoisotopic (exact) mass is 367 g/mol. The van der Waals surface area contributed by atoms with E-state index in [-0.39, 0.29) is 11.7 Å². The molecule has 1 aliphatic rings. The first-order chi connectivity index (χ1) is 11.5. The zero-order valence-electron chi connectivity index (χ0n) is 13.8. The van der Waals surface area contributed by atoms with Crippen molar-refractivity contribution in [2.24, 2.45) is 13.0 Å². The lowest BCUT2D eigenvalue weighted by Crippen LogP contribution is -2.11. The topological polar surface area (TPSA) is 74.1 Å². The lowest BCUT2D eigenvalue weighted by atomic mass is 10.1. The van der Waals surface area contributed by atoms with Gasteiger partial charge in [-0.05, 0) is 30.0 Å². The van der Waals surface area contributed by atoms with Gasteiger partial charge in [0.15, 0.2) is 15.0 Å². The molecule has 0 saturated carbocycles. The molecule has 0 radical (unpaired) electrons. The van der Waals surface area contributed by atoms with Crippen molar-refractivity contribution in [2.45, 2.75) is 23.8 Å². The van der Waals surface area contributed by atoms with E-state index in [0.29, 0.717) is 12.2 Å². The van der Waals surface area contributed by atoms with Crippen LogP contribution in [-0.4, -0.2) is 41.8 Å². The quantitative estimate of drug-likeness (QED) is 0.728. The standard InChI is InChI=1S/C16H21N3O3S2/c1-19-15(9-13-6-7-24(20,21)11-13)17-18-16(19)23-10-12-4-3-5-14(8-12)22-2/h3-5,8,13H,6-7,9-11H2,1-2H3. The van der Waals surface area contributed by atoms with Crippen molar-refractivity contribution in [1.82, 2.24) is 14.8 Å². The molecule has 3 rings (SSSR count). The van der Waals surface area contributed by atoms with Crippen LogP contribution in [0.5, 0.6) is 5.75 Å². The molecule has 1 unspecified atom stereocenters. The van der Waals surface area contributed by atoms with E-state index in [9.17, 15) is 8.42 Å². The Morgan fingerprint density at radius 2 is 2.21 bits per heavy atom. The predicted molar refractivity (Wildman–Crippen MR) is 94.0 cm³/mol. The Bertz CT molecular complexity index is 818. The smallest absolute Gasteiger partial charge is 0.191 e. The molecular weight excluding hydrogens is 346 g/mol. The van der Waals surface area contributed by atoms with Gasteiger partial charge >= 0.3 is 0 Å². The van der Waals surface area contributed by atoms with Gasteiger partial charge in [-0.1, -0.05) is 23.9 Å². The van der Waals surface area contributed by atoms with Gasteiger partial charge in [-0.3, -0.25) is 0 Å². The van der Waals surface area contributed by atoms with Gasteiger partial charge in [-0.25, -0.2) is 8.42 Å². The molecule has 1 saturated heterocycles. The van der Waals surface area contributed by atoms with Crippen LogP contribution in [0.1, 0.15) is 17.8 Å². The van der Waals surface area contributed by atoms with Crippen molar-refractivity contribution in [2.75, 3.05) is 18.6 Å². The molecule has 24 heavy (non-hydrogen) atoms. The summed E-state index contributed by atoms with van der Waals surface area (Å²) in [6, 6.07) is 7.95. The van der Waals surface area contributed by atoms with Crippen LogP contribution in [0.15, 0.2) is 29.4 Å². The predicted octanol–water partition coefficient (Wildman–Crippen LogP) is 2.09. The molecule has 0 N–H and O–H groups in total. The maximum Gasteiger partial charge on any atom is 0.191 e. The summed E-state index contributed by atoms with van der Waals surface area (Å²) >= 11 is 1.61. The van der Waals surface area contributed by atoms with Gasteiger partial charge in [0.2, 0.25) is 0 Å². The highest BCUT2D eigenvalue weighted by Crippen LogP contribution is 2.26. The summed E-state index contributed by atoms with van der Waals surface area (Å²) in [6.45, 7) is 0. The number of hydrogen-bond acceptors (Lipinski definition) is 6. The molecule has 1 aromatic carbocycles. The van der Waals surface area contributed by atoms with Crippen LogP contribution in [-0.2, 0) is 29.1 Å². The molecule has 0 amide bonds. The van der Waals surface area contributed by atoms with E-state index in [1.807, 2.05) is 29.8 Å². The summed E-state index contributed by atoms with van der Waals surface area (Å²) in [6.07, 6.45) is 1.39. The van der Waals surface area contributed by atoms with Gasteiger partial charge < -0.3 is 9.30 Å². The third-order valence-electron chi connectivity index (χ3n) is 4.23. The summed E-state index contributed by atoms with van der Waals surface area (Å²) in [5.74, 6) is 3.20. The molecule has 0 bridgehead atoms. The molecule has 8 heteroatoms. The lowest BCUT2D eigenvalue weighted by molar-refractivity contribution is 0.414. The molecule has 1 fully saturated rings. The van der Waals surface area contributed by atoms with Gasteiger partial charge in [0.05, 0.1) is 18.6 Å². The molecule has 6 nitrogen and oxygen atoms in total. The number of sulfone groups is 1. The van der Waals surface area contributed by atoms with Crippen molar-refractivity contribution in [3.8, 4) is 5.75 Å². The number of ether oxygens (including phenoxy) is 1.